The number of nitrogens with one attached hydrogen (secondary N) is 4. The van der Waals surface area contributed by atoms with Crippen LogP contribution in [0.4, 0.5) is 0 Å². The average Bonchev–Trinajstić information content (AvgIpc) is 1.89. The lowest BCUT2D eigenvalue weighted by Gasteiger charge is -2.22. The summed E-state index contributed by atoms with van der Waals surface area (Å²) in [5.74, 6) is 2.42. The van der Waals surface area contributed by atoms with Gasteiger partial charge in [0.1, 0.15) is 12.2 Å². The summed E-state index contributed by atoms with van der Waals surface area (Å²) in [6, 6.07) is 32.5. The maximum absolute atomic E-state index is 12.7. The number of hydrogen-bond donors (Lipinski definition) is 4. The van der Waals surface area contributed by atoms with Crippen molar-refractivity contribution in [1.29, 1.82) is 0 Å². The Balaban J connectivity index is 0.753. The van der Waals surface area contributed by atoms with E-state index in [-0.39, 0.29) is 129 Å². The third-order valence-electron chi connectivity index (χ3n) is 16.0. The molecule has 612 valence electrons. The highest BCUT2D eigenvalue weighted by Gasteiger charge is 2.18. The zero-order valence-electron chi connectivity index (χ0n) is 64.4. The Labute approximate surface area is 709 Å². The number of carbonyl (C=O) groups is 4. The minimum absolute atomic E-state index is 0.106. The maximum Gasteiger partial charge on any atom is 0.226 e. The second-order valence-electron chi connectivity index (χ2n) is 25.1. The van der Waals surface area contributed by atoms with E-state index in [2.05, 4.69) is 62.5 Å². The van der Waals surface area contributed by atoms with Gasteiger partial charge in [0, 0.05) is 93.6 Å². The van der Waals surface area contributed by atoms with E-state index in [1.165, 1.54) is 0 Å². The van der Waals surface area contributed by atoms with Crippen molar-refractivity contribution < 1.29 is 61.8 Å². The van der Waals surface area contributed by atoms with Crippen LogP contribution >= 0.6 is 86.4 Å². The molecule has 115 heavy (non-hydrogen) atoms. The van der Waals surface area contributed by atoms with Crippen LogP contribution in [0, 0.1) is 0 Å². The molecule has 4 N–H and O–H groups in total. The number of amides is 4. The van der Waals surface area contributed by atoms with Crippen LogP contribution < -0.4 is 21.3 Å². The van der Waals surface area contributed by atoms with Crippen molar-refractivity contribution in [2.45, 2.75) is 109 Å². The summed E-state index contributed by atoms with van der Waals surface area (Å²) in [7, 11) is 36.1. The highest BCUT2D eigenvalue weighted by atomic mass is 33.1. The Morgan fingerprint density at radius 2 is 0.548 bits per heavy atom. The van der Waals surface area contributed by atoms with Crippen LogP contribution in [-0.2, 0) is 139 Å². The van der Waals surface area contributed by atoms with Gasteiger partial charge < -0.3 is 63.9 Å². The molecule has 0 aliphatic carbocycles. The number of nitrogens with zero attached hydrogens (tertiary/aromatic N) is 12. The number of aromatic nitrogens is 12. The summed E-state index contributed by atoms with van der Waals surface area (Å²) in [6.07, 6.45) is 8.37. The lowest BCUT2D eigenvalue weighted by Crippen LogP contribution is -2.32. The molecule has 2 atom stereocenters. The summed E-state index contributed by atoms with van der Waals surface area (Å²) in [5, 5.41) is 45.3. The van der Waals surface area contributed by atoms with Crippen LogP contribution in [0.25, 0.3) is 0 Å². The van der Waals surface area contributed by atoms with Crippen LogP contribution in [0.2, 0.25) is 0 Å². The van der Waals surface area contributed by atoms with E-state index >= 15 is 0 Å². The Morgan fingerprint density at radius 1 is 0.313 bits per heavy atom. The summed E-state index contributed by atoms with van der Waals surface area (Å²) < 4.78 is 61.3. The van der Waals surface area contributed by atoms with Gasteiger partial charge in [-0.1, -0.05) is 203 Å². The lowest BCUT2D eigenvalue weighted by atomic mass is 9.97. The Bertz CT molecular complexity index is 3720. The van der Waals surface area contributed by atoms with Crippen molar-refractivity contribution >= 4 is 141 Å². The largest absolute Gasteiger partial charge is 0.377 e. The first-order valence-electron chi connectivity index (χ1n) is 37.7. The van der Waals surface area contributed by atoms with Gasteiger partial charge in [-0.2, -0.15) is 0 Å². The Morgan fingerprint density at radius 3 is 0.800 bits per heavy atom. The fourth-order valence-electron chi connectivity index (χ4n) is 9.99. The molecule has 29 nitrogen and oxygen atoms in total. The van der Waals surface area contributed by atoms with E-state index < -0.39 is 12.2 Å². The highest BCUT2D eigenvalue weighted by Crippen LogP contribution is 2.33. The van der Waals surface area contributed by atoms with Crippen LogP contribution in [0.1, 0.15) is 45.0 Å². The van der Waals surface area contributed by atoms with Gasteiger partial charge in [-0.25, -0.2) is 18.7 Å². The predicted molar refractivity (Wildman–Crippen MR) is 459 cm³/mol. The highest BCUT2D eigenvalue weighted by molar-refractivity contribution is 8.77. The molecule has 2 unspecified atom stereocenters. The van der Waals surface area contributed by atoms with E-state index in [4.69, 9.17) is 74.0 Å². The minimum Gasteiger partial charge on any atom is -0.377 e. The second-order valence-corrected chi connectivity index (χ2v) is 35.1. The van der Waals surface area contributed by atoms with Crippen molar-refractivity contribution in [3.63, 3.8) is 0 Å². The second kappa shape index (κ2) is 58.8. The summed E-state index contributed by atoms with van der Waals surface area (Å²) in [5.41, 5.74) is 6.54. The maximum atomic E-state index is 12.7. The SMILES string of the molecule is [B]Cc1ccc(SSCCNC(=O)Cc2cn(CCOCCOCC(COCC(COCCOCCn3cc(CC(=O)NCCSSc4ccc(C[B])cc4)nn3)OCCOCCn3cc(CC(=O)NCCSSc4ccc(C[B])cc4)nn3)OCCOCCn3cc(CC(=O)NCCSSc4ccc(C[B])cc4)nn3)nn2)cc1. The monoisotopic (exact) mass is 1720 g/mol. The van der Waals surface area contributed by atoms with E-state index in [0.717, 1.165) is 64.8 Å². The van der Waals surface area contributed by atoms with Crippen LogP contribution in [0.3, 0.4) is 0 Å². The molecule has 8 aromatic rings. The Kier molecular flexibility index (Phi) is 48.3. The molecule has 4 amide bonds. The van der Waals surface area contributed by atoms with Gasteiger partial charge in [-0.05, 0) is 48.5 Å². The summed E-state index contributed by atoms with van der Waals surface area (Å²) in [4.78, 5) is 55.3. The molecule has 0 saturated heterocycles. The first-order chi connectivity index (χ1) is 56.4. The van der Waals surface area contributed by atoms with Crippen molar-refractivity contribution in [1.82, 2.24) is 81.2 Å². The molecule has 0 spiro atoms. The van der Waals surface area contributed by atoms with Gasteiger partial charge in [0.25, 0.3) is 0 Å². The third-order valence-corrected chi connectivity index (χ3v) is 25.5. The molecule has 0 saturated carbocycles. The first kappa shape index (κ1) is 94.5. The number of carbonyl (C=O) groups excluding carboxylic acids is 4. The van der Waals surface area contributed by atoms with Gasteiger partial charge in [0.05, 0.1) is 212 Å². The van der Waals surface area contributed by atoms with E-state index in [0.29, 0.717) is 127 Å². The molecular formula is C74H98B4N16O13S8. The molecule has 41 heteroatoms. The number of rotatable bonds is 66. The van der Waals surface area contributed by atoms with Crippen molar-refractivity contribution in [2.75, 3.05) is 155 Å². The van der Waals surface area contributed by atoms with E-state index in [1.54, 1.807) is 130 Å². The van der Waals surface area contributed by atoms with E-state index in [1.807, 2.05) is 97.1 Å². The number of hydrogen-bond acceptors (Lipinski definition) is 29. The fraction of sp³-hybridized carbons (Fsp3) is 0.514. The quantitative estimate of drug-likeness (QED) is 0.0190. The van der Waals surface area contributed by atoms with Gasteiger partial charge in [-0.3, -0.25) is 19.2 Å². The molecule has 8 radical (unpaired) electrons. The molecule has 0 fully saturated rings. The summed E-state index contributed by atoms with van der Waals surface area (Å²) >= 11 is 0. The number of benzene rings is 4. The first-order valence-corrected chi connectivity index (χ1v) is 47.0. The minimum atomic E-state index is -0.518. The molecule has 8 rings (SSSR count). The standard InChI is InChI=1S/C74H98B4N16O13S8/c75-45-57-1-9-67(10-2-57)112-108-37-17-79-71(95)41-61-49-91(87-83-61)21-25-99-29-31-103-53-65(106-35-33-101-27-23-93-51-63(85-89-93)43-73(97)81-19-39-110-114-69-13-5-59(47-77)6-14-69)55-105-56-66(107-36-34-102-28-24-94-52-64(86-90-94)44-74(98)82-20-40-111-115-70-15-7-60(48-78)8-16-70)54-104-32-30-100-26-22-92-50-62(84-88-92)42-72(96)80-18-38-109-113-68-11-3-58(46-76)4-12-68/h1-16,49-52,65-66H,17-48,53-56H2,(H,79,95)(H,80,96)(H,81,97)(H,82,98). The fourth-order valence-corrected chi connectivity index (χ4v) is 17.6. The lowest BCUT2D eigenvalue weighted by molar-refractivity contribution is -0.121. The molecule has 0 aliphatic heterocycles. The van der Waals surface area contributed by atoms with Crippen LogP contribution in [-0.4, -0.2) is 282 Å². The third kappa shape index (κ3) is 42.0. The summed E-state index contributed by atoms with van der Waals surface area (Å²) in [6.45, 7) is 7.71. The van der Waals surface area contributed by atoms with Gasteiger partial charge in [0.15, 0.2) is 0 Å². The molecule has 0 aliphatic rings. The smallest absolute Gasteiger partial charge is 0.226 e. The van der Waals surface area contributed by atoms with Crippen molar-refractivity contribution in [3.8, 4) is 0 Å². The van der Waals surface area contributed by atoms with E-state index in [9.17, 15) is 19.2 Å². The molecule has 0 bridgehead atoms. The zero-order valence-corrected chi connectivity index (χ0v) is 70.9. The van der Waals surface area contributed by atoms with Crippen molar-refractivity contribution in [3.05, 3.63) is 167 Å². The van der Waals surface area contributed by atoms with Gasteiger partial charge in [-0.15, -0.1) is 20.4 Å². The molecule has 4 aromatic carbocycles. The topological polar surface area (TPSA) is 322 Å². The van der Waals surface area contributed by atoms with Crippen LogP contribution in [0.5, 0.6) is 0 Å². The number of ether oxygens (including phenoxy) is 9. The average molecular weight is 1720 g/mol. The zero-order chi connectivity index (χ0) is 80.8. The van der Waals surface area contributed by atoms with Crippen molar-refractivity contribution in [2.24, 2.45) is 0 Å². The molecular weight excluding hydrogens is 1620 g/mol. The molecule has 4 heterocycles. The normalized spacial score (nSPS) is 12.0. The predicted octanol–water partition coefficient (Wildman–Crippen LogP) is 6.11. The van der Waals surface area contributed by atoms with Gasteiger partial charge >= 0.3 is 0 Å². The van der Waals surface area contributed by atoms with Crippen LogP contribution in [0.15, 0.2) is 141 Å². The molecule has 4 aromatic heterocycles. The Hall–Kier alpha value is -5.98. The van der Waals surface area contributed by atoms with Gasteiger partial charge in [0.2, 0.25) is 23.6 Å².